The zero-order valence-corrected chi connectivity index (χ0v) is 14.4. The van der Waals surface area contributed by atoms with Gasteiger partial charge in [0.25, 0.3) is 0 Å². The summed E-state index contributed by atoms with van der Waals surface area (Å²) in [7, 11) is 1.93. The topological polar surface area (TPSA) is 52.6 Å². The van der Waals surface area contributed by atoms with Crippen molar-refractivity contribution in [2.45, 2.75) is 25.7 Å². The molecule has 0 heterocycles. The van der Waals surface area contributed by atoms with Gasteiger partial charge in [0.1, 0.15) is 0 Å². The third kappa shape index (κ3) is 5.39. The van der Waals surface area contributed by atoms with Crippen molar-refractivity contribution in [1.29, 1.82) is 0 Å². The quantitative estimate of drug-likeness (QED) is 0.779. The van der Waals surface area contributed by atoms with Crippen LogP contribution >= 0.6 is 0 Å². The lowest BCUT2D eigenvalue weighted by Crippen LogP contribution is -2.21. The van der Waals surface area contributed by atoms with E-state index in [1.165, 1.54) is 5.56 Å². The predicted molar refractivity (Wildman–Crippen MR) is 99.5 cm³/mol. The molecule has 1 atom stereocenters. The summed E-state index contributed by atoms with van der Waals surface area (Å²) in [5, 5.41) is 11.9. The van der Waals surface area contributed by atoms with Gasteiger partial charge in [-0.3, -0.25) is 4.79 Å². The molecule has 4 nitrogen and oxygen atoms in total. The molecular weight excluding hydrogens is 300 g/mol. The Balaban J connectivity index is 1.82. The molecule has 128 valence electrons. The van der Waals surface area contributed by atoms with Crippen molar-refractivity contribution < 1.29 is 9.90 Å². The van der Waals surface area contributed by atoms with E-state index in [4.69, 9.17) is 5.11 Å². The molecule has 0 aromatic heterocycles. The fourth-order valence-electron chi connectivity index (χ4n) is 2.60. The molecule has 0 saturated carbocycles. The standard InChI is InChI=1S/C20H26N2O2/c1-16(17-6-4-3-5-7-17)8-13-20(24)21-18-9-11-19(12-10-18)22(2)14-15-23/h3-7,9-12,16,23H,8,13-15H2,1-2H3,(H,21,24). The van der Waals surface area contributed by atoms with Crippen LogP contribution in [-0.2, 0) is 4.79 Å². The number of aliphatic hydroxyl groups is 1. The SMILES string of the molecule is CC(CCC(=O)Nc1ccc(N(C)CCO)cc1)c1ccccc1. The second-order valence-corrected chi connectivity index (χ2v) is 6.09. The van der Waals surface area contributed by atoms with E-state index in [0.29, 0.717) is 18.9 Å². The monoisotopic (exact) mass is 326 g/mol. The number of aliphatic hydroxyl groups excluding tert-OH is 1. The van der Waals surface area contributed by atoms with Gasteiger partial charge in [-0.05, 0) is 42.2 Å². The molecule has 0 spiro atoms. The molecule has 1 unspecified atom stereocenters. The second kappa shape index (κ2) is 9.08. The first-order chi connectivity index (χ1) is 11.6. The summed E-state index contributed by atoms with van der Waals surface area (Å²) in [5.74, 6) is 0.403. The first kappa shape index (κ1) is 18.0. The van der Waals surface area contributed by atoms with Gasteiger partial charge in [-0.25, -0.2) is 0 Å². The van der Waals surface area contributed by atoms with Crippen LogP contribution < -0.4 is 10.2 Å². The van der Waals surface area contributed by atoms with Gasteiger partial charge in [-0.1, -0.05) is 37.3 Å². The molecule has 0 aliphatic carbocycles. The van der Waals surface area contributed by atoms with E-state index in [9.17, 15) is 4.79 Å². The van der Waals surface area contributed by atoms with Crippen LogP contribution in [0.15, 0.2) is 54.6 Å². The van der Waals surface area contributed by atoms with Crippen LogP contribution in [0, 0.1) is 0 Å². The summed E-state index contributed by atoms with van der Waals surface area (Å²) in [6.07, 6.45) is 1.33. The minimum Gasteiger partial charge on any atom is -0.395 e. The number of anilines is 2. The maximum atomic E-state index is 12.1. The second-order valence-electron chi connectivity index (χ2n) is 6.09. The first-order valence-electron chi connectivity index (χ1n) is 8.37. The molecule has 0 aliphatic heterocycles. The number of amides is 1. The van der Waals surface area contributed by atoms with Crippen molar-refractivity contribution in [3.8, 4) is 0 Å². The molecule has 2 N–H and O–H groups in total. The lowest BCUT2D eigenvalue weighted by atomic mass is 9.96. The highest BCUT2D eigenvalue weighted by Crippen LogP contribution is 2.21. The van der Waals surface area contributed by atoms with E-state index in [0.717, 1.165) is 17.8 Å². The lowest BCUT2D eigenvalue weighted by Gasteiger charge is -2.18. The van der Waals surface area contributed by atoms with Crippen molar-refractivity contribution >= 4 is 17.3 Å². The number of carbonyl (C=O) groups is 1. The van der Waals surface area contributed by atoms with Crippen LogP contribution in [-0.4, -0.2) is 31.2 Å². The van der Waals surface area contributed by atoms with E-state index in [1.807, 2.05) is 54.4 Å². The van der Waals surface area contributed by atoms with Crippen LogP contribution in [0.5, 0.6) is 0 Å². The third-order valence-electron chi connectivity index (χ3n) is 4.20. The summed E-state index contributed by atoms with van der Waals surface area (Å²) in [4.78, 5) is 14.1. The third-order valence-corrected chi connectivity index (χ3v) is 4.20. The van der Waals surface area contributed by atoms with Crippen LogP contribution in [0.1, 0.15) is 31.2 Å². The van der Waals surface area contributed by atoms with Gasteiger partial charge in [-0.15, -0.1) is 0 Å². The summed E-state index contributed by atoms with van der Waals surface area (Å²) in [5.41, 5.74) is 3.08. The minimum atomic E-state index is 0.0363. The maximum absolute atomic E-state index is 12.1. The van der Waals surface area contributed by atoms with Gasteiger partial charge in [0.05, 0.1) is 6.61 Å². The summed E-state index contributed by atoms with van der Waals surface area (Å²) >= 11 is 0. The lowest BCUT2D eigenvalue weighted by molar-refractivity contribution is -0.116. The number of nitrogens with one attached hydrogen (secondary N) is 1. The Morgan fingerprint density at radius 2 is 1.79 bits per heavy atom. The van der Waals surface area contributed by atoms with Crippen LogP contribution in [0.3, 0.4) is 0 Å². The minimum absolute atomic E-state index is 0.0363. The Morgan fingerprint density at radius 1 is 1.12 bits per heavy atom. The molecule has 1 amide bonds. The largest absolute Gasteiger partial charge is 0.395 e. The molecule has 0 saturated heterocycles. The Labute approximate surface area is 144 Å². The Hall–Kier alpha value is -2.33. The van der Waals surface area contributed by atoms with Crippen molar-refractivity contribution in [3.63, 3.8) is 0 Å². The summed E-state index contributed by atoms with van der Waals surface area (Å²) in [6.45, 7) is 2.85. The molecule has 0 radical (unpaired) electrons. The molecule has 4 heteroatoms. The summed E-state index contributed by atoms with van der Waals surface area (Å²) in [6, 6.07) is 17.9. The average Bonchev–Trinajstić information content (AvgIpc) is 2.61. The zero-order chi connectivity index (χ0) is 17.4. The van der Waals surface area contributed by atoms with E-state index in [2.05, 4.69) is 24.4 Å². The van der Waals surface area contributed by atoms with Gasteiger partial charge in [0.15, 0.2) is 0 Å². The van der Waals surface area contributed by atoms with Crippen LogP contribution in [0.2, 0.25) is 0 Å². The van der Waals surface area contributed by atoms with Crippen molar-refractivity contribution in [2.75, 3.05) is 30.4 Å². The van der Waals surface area contributed by atoms with Crippen molar-refractivity contribution in [2.24, 2.45) is 0 Å². The van der Waals surface area contributed by atoms with Gasteiger partial charge < -0.3 is 15.3 Å². The molecule has 2 aromatic rings. The fraction of sp³-hybridized carbons (Fsp3) is 0.350. The number of likely N-dealkylation sites (N-methyl/N-ethyl adjacent to an activating group) is 1. The maximum Gasteiger partial charge on any atom is 0.224 e. The Morgan fingerprint density at radius 3 is 2.42 bits per heavy atom. The predicted octanol–water partition coefficient (Wildman–Crippen LogP) is 3.64. The van der Waals surface area contributed by atoms with Gasteiger partial charge >= 0.3 is 0 Å². The van der Waals surface area contributed by atoms with Crippen molar-refractivity contribution in [3.05, 3.63) is 60.2 Å². The smallest absolute Gasteiger partial charge is 0.224 e. The molecule has 2 rings (SSSR count). The zero-order valence-electron chi connectivity index (χ0n) is 14.4. The van der Waals surface area contributed by atoms with E-state index < -0.39 is 0 Å². The molecule has 0 bridgehead atoms. The van der Waals surface area contributed by atoms with Gasteiger partial charge in [-0.2, -0.15) is 0 Å². The van der Waals surface area contributed by atoms with Gasteiger partial charge in [0, 0.05) is 31.4 Å². The van der Waals surface area contributed by atoms with E-state index in [-0.39, 0.29) is 12.5 Å². The van der Waals surface area contributed by atoms with E-state index >= 15 is 0 Å². The highest BCUT2D eigenvalue weighted by atomic mass is 16.3. The van der Waals surface area contributed by atoms with Crippen LogP contribution in [0.4, 0.5) is 11.4 Å². The number of benzene rings is 2. The number of hydrogen-bond acceptors (Lipinski definition) is 3. The van der Waals surface area contributed by atoms with Crippen molar-refractivity contribution in [1.82, 2.24) is 0 Å². The molecule has 0 fully saturated rings. The number of carbonyl (C=O) groups excluding carboxylic acids is 1. The molecule has 0 aliphatic rings. The Kier molecular flexibility index (Phi) is 6.82. The number of hydrogen-bond donors (Lipinski definition) is 2. The fourth-order valence-corrected chi connectivity index (χ4v) is 2.60. The van der Waals surface area contributed by atoms with E-state index in [1.54, 1.807) is 0 Å². The van der Waals surface area contributed by atoms with Gasteiger partial charge in [0.2, 0.25) is 5.91 Å². The first-order valence-corrected chi connectivity index (χ1v) is 8.37. The highest BCUT2D eigenvalue weighted by molar-refractivity contribution is 5.90. The highest BCUT2D eigenvalue weighted by Gasteiger charge is 2.09. The summed E-state index contributed by atoms with van der Waals surface area (Å²) < 4.78 is 0. The Bertz CT molecular complexity index is 626. The molecule has 24 heavy (non-hydrogen) atoms. The number of nitrogens with zero attached hydrogens (tertiary/aromatic N) is 1. The normalized spacial score (nSPS) is 11.8. The van der Waals surface area contributed by atoms with Crippen LogP contribution in [0.25, 0.3) is 0 Å². The average molecular weight is 326 g/mol. The molecule has 2 aromatic carbocycles. The molecular formula is C20H26N2O2. The number of rotatable bonds is 8.